The zero-order chi connectivity index (χ0) is 24.9. The van der Waals surface area contributed by atoms with Crippen molar-refractivity contribution in [2.24, 2.45) is 4.99 Å². The summed E-state index contributed by atoms with van der Waals surface area (Å²) in [6, 6.07) is 6.71. The van der Waals surface area contributed by atoms with Gasteiger partial charge < -0.3 is 30.2 Å². The van der Waals surface area contributed by atoms with E-state index in [4.69, 9.17) is 20.5 Å². The SMILES string of the molecule is CC(=N)/N=C(\NC(C)C)c1cn2c(n1)-c1ccc(/C(=C/C=N)NC3CCN(C)CC3)cc1OCC2. The lowest BCUT2D eigenvalue weighted by Crippen LogP contribution is -2.40. The molecule has 0 amide bonds. The molecular formula is C26H36N8O. The van der Waals surface area contributed by atoms with Gasteiger partial charge in [-0.05, 0) is 72.0 Å². The van der Waals surface area contributed by atoms with E-state index in [0.29, 0.717) is 30.7 Å². The zero-order valence-electron chi connectivity index (χ0n) is 21.1. The molecule has 2 aromatic rings. The van der Waals surface area contributed by atoms with Crippen LogP contribution in [-0.4, -0.2) is 71.2 Å². The van der Waals surface area contributed by atoms with Crippen molar-refractivity contribution in [1.29, 1.82) is 10.8 Å². The van der Waals surface area contributed by atoms with E-state index in [-0.39, 0.29) is 11.9 Å². The Balaban J connectivity index is 1.65. The Morgan fingerprint density at radius 3 is 2.71 bits per heavy atom. The lowest BCUT2D eigenvalue weighted by molar-refractivity contribution is 0.245. The summed E-state index contributed by atoms with van der Waals surface area (Å²) in [4.78, 5) is 11.6. The number of nitrogens with zero attached hydrogens (tertiary/aromatic N) is 4. The Kier molecular flexibility index (Phi) is 7.65. The molecule has 3 heterocycles. The van der Waals surface area contributed by atoms with Crippen molar-refractivity contribution >= 4 is 23.6 Å². The molecule has 4 rings (SSSR count). The maximum Gasteiger partial charge on any atom is 0.155 e. The largest absolute Gasteiger partial charge is 0.491 e. The molecule has 9 nitrogen and oxygen atoms in total. The van der Waals surface area contributed by atoms with Crippen LogP contribution in [0, 0.1) is 10.8 Å². The number of hydrogen-bond donors (Lipinski definition) is 4. The number of rotatable bonds is 6. The van der Waals surface area contributed by atoms with E-state index < -0.39 is 0 Å². The number of likely N-dealkylation sites (tertiary alicyclic amines) is 1. The fourth-order valence-corrected chi connectivity index (χ4v) is 4.45. The molecule has 186 valence electrons. The molecule has 0 atom stereocenters. The second-order valence-electron chi connectivity index (χ2n) is 9.52. The summed E-state index contributed by atoms with van der Waals surface area (Å²) in [5, 5.41) is 22.5. The summed E-state index contributed by atoms with van der Waals surface area (Å²) in [6.45, 7) is 9.08. The molecule has 0 radical (unpaired) electrons. The fourth-order valence-electron chi connectivity index (χ4n) is 4.45. The van der Waals surface area contributed by atoms with Gasteiger partial charge in [-0.2, -0.15) is 0 Å². The minimum Gasteiger partial charge on any atom is -0.491 e. The fraction of sp³-hybridized carbons (Fsp3) is 0.462. The minimum absolute atomic E-state index is 0.170. The van der Waals surface area contributed by atoms with Crippen molar-refractivity contribution in [1.82, 2.24) is 25.1 Å². The van der Waals surface area contributed by atoms with E-state index in [1.54, 1.807) is 6.92 Å². The third kappa shape index (κ3) is 5.97. The van der Waals surface area contributed by atoms with Gasteiger partial charge in [0.1, 0.15) is 29.7 Å². The lowest BCUT2D eigenvalue weighted by Gasteiger charge is -2.31. The lowest BCUT2D eigenvalue weighted by atomic mass is 10.0. The number of allylic oxidation sites excluding steroid dienone is 1. The highest BCUT2D eigenvalue weighted by Gasteiger charge is 2.23. The quantitative estimate of drug-likeness (QED) is 0.377. The maximum atomic E-state index is 7.82. The predicted octanol–water partition coefficient (Wildman–Crippen LogP) is 3.36. The van der Waals surface area contributed by atoms with Crippen LogP contribution in [0.5, 0.6) is 5.75 Å². The zero-order valence-corrected chi connectivity index (χ0v) is 21.1. The van der Waals surface area contributed by atoms with E-state index in [0.717, 1.165) is 54.3 Å². The maximum absolute atomic E-state index is 7.82. The normalized spacial score (nSPS) is 17.3. The van der Waals surface area contributed by atoms with Crippen molar-refractivity contribution in [3.8, 4) is 17.1 Å². The van der Waals surface area contributed by atoms with Crippen molar-refractivity contribution in [3.05, 3.63) is 41.7 Å². The third-order valence-corrected chi connectivity index (χ3v) is 6.18. The summed E-state index contributed by atoms with van der Waals surface area (Å²) >= 11 is 0. The Labute approximate surface area is 207 Å². The van der Waals surface area contributed by atoms with Gasteiger partial charge in [-0.3, -0.25) is 5.41 Å². The first-order valence-corrected chi connectivity index (χ1v) is 12.3. The topological polar surface area (TPSA) is 114 Å². The van der Waals surface area contributed by atoms with E-state index in [2.05, 4.69) is 38.2 Å². The number of aliphatic imine (C=N–C) groups is 1. The van der Waals surface area contributed by atoms with Crippen LogP contribution < -0.4 is 15.4 Å². The molecule has 0 spiro atoms. The van der Waals surface area contributed by atoms with Crippen LogP contribution >= 0.6 is 0 Å². The average Bonchev–Trinajstić information content (AvgIpc) is 3.15. The van der Waals surface area contributed by atoms with E-state index >= 15 is 0 Å². The minimum atomic E-state index is 0.170. The Bertz CT molecular complexity index is 1140. The van der Waals surface area contributed by atoms with E-state index in [9.17, 15) is 0 Å². The van der Waals surface area contributed by atoms with Crippen molar-refractivity contribution < 1.29 is 4.74 Å². The van der Waals surface area contributed by atoms with E-state index in [1.165, 1.54) is 6.21 Å². The third-order valence-electron chi connectivity index (χ3n) is 6.18. The van der Waals surface area contributed by atoms with Gasteiger partial charge >= 0.3 is 0 Å². The van der Waals surface area contributed by atoms with Gasteiger partial charge in [-0.1, -0.05) is 6.07 Å². The van der Waals surface area contributed by atoms with Crippen LogP contribution in [0.1, 0.15) is 44.9 Å². The van der Waals surface area contributed by atoms with Gasteiger partial charge in [0.25, 0.3) is 0 Å². The molecule has 2 aliphatic heterocycles. The highest BCUT2D eigenvalue weighted by atomic mass is 16.5. The Morgan fingerprint density at radius 1 is 1.26 bits per heavy atom. The number of ether oxygens (including phenoxy) is 1. The predicted molar refractivity (Wildman–Crippen MR) is 142 cm³/mol. The van der Waals surface area contributed by atoms with Crippen LogP contribution in [-0.2, 0) is 6.54 Å². The molecule has 4 N–H and O–H groups in total. The molecule has 1 fully saturated rings. The Morgan fingerprint density at radius 2 is 2.03 bits per heavy atom. The first kappa shape index (κ1) is 24.7. The van der Waals surface area contributed by atoms with Crippen LogP contribution in [0.25, 0.3) is 17.1 Å². The molecule has 1 aromatic carbocycles. The van der Waals surface area contributed by atoms with Crippen molar-refractivity contribution in [3.63, 3.8) is 0 Å². The molecule has 2 aliphatic rings. The van der Waals surface area contributed by atoms with E-state index in [1.807, 2.05) is 38.3 Å². The van der Waals surface area contributed by atoms with Crippen LogP contribution in [0.3, 0.4) is 0 Å². The van der Waals surface area contributed by atoms with Gasteiger partial charge in [0.2, 0.25) is 0 Å². The number of fused-ring (bicyclic) bond motifs is 3. The summed E-state index contributed by atoms with van der Waals surface area (Å²) in [5.74, 6) is 2.43. The van der Waals surface area contributed by atoms with Gasteiger partial charge in [-0.25, -0.2) is 9.98 Å². The van der Waals surface area contributed by atoms with Gasteiger partial charge in [0.05, 0.1) is 12.1 Å². The molecule has 0 unspecified atom stereocenters. The van der Waals surface area contributed by atoms with Gasteiger partial charge in [-0.15, -0.1) is 0 Å². The smallest absolute Gasteiger partial charge is 0.155 e. The number of amidine groups is 2. The Hall–Kier alpha value is -3.46. The number of nitrogens with one attached hydrogen (secondary N) is 4. The van der Waals surface area contributed by atoms with Gasteiger partial charge in [0.15, 0.2) is 5.84 Å². The second-order valence-corrected chi connectivity index (χ2v) is 9.52. The van der Waals surface area contributed by atoms with Gasteiger partial charge in [0, 0.05) is 35.8 Å². The molecule has 0 aliphatic carbocycles. The van der Waals surface area contributed by atoms with Crippen LogP contribution in [0.2, 0.25) is 0 Å². The van der Waals surface area contributed by atoms with Crippen LogP contribution in [0.4, 0.5) is 0 Å². The summed E-state index contributed by atoms with van der Waals surface area (Å²) in [5.41, 5.74) is 3.56. The number of imidazole rings is 1. The number of benzene rings is 1. The summed E-state index contributed by atoms with van der Waals surface area (Å²) in [7, 11) is 2.16. The monoisotopic (exact) mass is 476 g/mol. The molecule has 35 heavy (non-hydrogen) atoms. The highest BCUT2D eigenvalue weighted by molar-refractivity contribution is 6.04. The highest BCUT2D eigenvalue weighted by Crippen LogP contribution is 2.34. The molecule has 9 heteroatoms. The number of hydrogen-bond acceptors (Lipinski definition) is 6. The molecule has 1 aromatic heterocycles. The summed E-state index contributed by atoms with van der Waals surface area (Å²) in [6.07, 6.45) is 7.28. The average molecular weight is 477 g/mol. The molecule has 1 saturated heterocycles. The second kappa shape index (κ2) is 10.9. The molecule has 0 saturated carbocycles. The summed E-state index contributed by atoms with van der Waals surface area (Å²) < 4.78 is 8.22. The van der Waals surface area contributed by atoms with Crippen LogP contribution in [0.15, 0.2) is 35.5 Å². The number of aromatic nitrogens is 2. The van der Waals surface area contributed by atoms with Crippen molar-refractivity contribution in [2.75, 3.05) is 26.7 Å². The van der Waals surface area contributed by atoms with Crippen molar-refractivity contribution in [2.45, 2.75) is 52.2 Å². The number of piperidine rings is 1. The molecular weight excluding hydrogens is 440 g/mol. The standard InChI is InChI=1S/C26H36N8O/c1-17(2)29-25(30-18(3)28)23-16-34-13-14-35-24-15-19(5-6-21(24)26(34)32-23)22(7-10-27)31-20-8-11-33(4)12-9-20/h5-7,10,15-17,20,27,31H,8-9,11-14H2,1-4H3,(H2,28,29,30)/b22-7-,27-10?. The molecule has 0 bridgehead atoms. The first-order chi connectivity index (χ1) is 16.8. The first-order valence-electron chi connectivity index (χ1n) is 12.3.